The average Bonchev–Trinajstić information content (AvgIpc) is 2.68. The maximum absolute atomic E-state index is 13.1. The van der Waals surface area contributed by atoms with Crippen LogP contribution in [0.1, 0.15) is 17.3 Å². The maximum atomic E-state index is 13.1. The SMILES string of the molecule is COc1cc(C=O)ccc1OCC(=O)O[C@H](C)C(=O)Nc1ccc(F)c(Cl)c1. The van der Waals surface area contributed by atoms with Gasteiger partial charge in [-0.1, -0.05) is 11.6 Å². The molecule has 148 valence electrons. The van der Waals surface area contributed by atoms with E-state index in [-0.39, 0.29) is 22.2 Å². The van der Waals surface area contributed by atoms with Crippen molar-refractivity contribution in [2.75, 3.05) is 19.0 Å². The minimum Gasteiger partial charge on any atom is -0.493 e. The van der Waals surface area contributed by atoms with E-state index in [1.54, 1.807) is 0 Å². The number of halogens is 2. The van der Waals surface area contributed by atoms with E-state index >= 15 is 0 Å². The van der Waals surface area contributed by atoms with Crippen molar-refractivity contribution in [3.8, 4) is 11.5 Å². The highest BCUT2D eigenvalue weighted by Gasteiger charge is 2.19. The van der Waals surface area contributed by atoms with Crippen molar-refractivity contribution in [1.82, 2.24) is 0 Å². The van der Waals surface area contributed by atoms with Crippen LogP contribution < -0.4 is 14.8 Å². The summed E-state index contributed by atoms with van der Waals surface area (Å²) in [4.78, 5) is 34.7. The monoisotopic (exact) mass is 409 g/mol. The highest BCUT2D eigenvalue weighted by molar-refractivity contribution is 6.31. The third kappa shape index (κ3) is 5.68. The second-order valence-corrected chi connectivity index (χ2v) is 5.97. The number of aldehydes is 1. The van der Waals surface area contributed by atoms with Crippen molar-refractivity contribution in [3.05, 3.63) is 52.8 Å². The maximum Gasteiger partial charge on any atom is 0.344 e. The summed E-state index contributed by atoms with van der Waals surface area (Å²) in [5.41, 5.74) is 0.647. The topological polar surface area (TPSA) is 90.9 Å². The highest BCUT2D eigenvalue weighted by atomic mass is 35.5. The molecule has 0 spiro atoms. The van der Waals surface area contributed by atoms with Gasteiger partial charge in [0.1, 0.15) is 12.1 Å². The minimum absolute atomic E-state index is 0.148. The zero-order chi connectivity index (χ0) is 20.7. The molecule has 0 unspecified atom stereocenters. The molecule has 0 radical (unpaired) electrons. The Morgan fingerprint density at radius 1 is 1.21 bits per heavy atom. The Morgan fingerprint density at radius 2 is 1.96 bits per heavy atom. The summed E-state index contributed by atoms with van der Waals surface area (Å²) < 4.78 is 28.5. The Balaban J connectivity index is 1.89. The van der Waals surface area contributed by atoms with Crippen LogP contribution in [0.4, 0.5) is 10.1 Å². The van der Waals surface area contributed by atoms with E-state index in [4.69, 9.17) is 25.8 Å². The van der Waals surface area contributed by atoms with Crippen molar-refractivity contribution in [1.29, 1.82) is 0 Å². The lowest BCUT2D eigenvalue weighted by atomic mass is 10.2. The van der Waals surface area contributed by atoms with E-state index in [0.29, 0.717) is 11.8 Å². The fourth-order valence-electron chi connectivity index (χ4n) is 2.12. The van der Waals surface area contributed by atoms with Crippen molar-refractivity contribution >= 4 is 35.5 Å². The number of amides is 1. The number of carbonyl (C=O) groups excluding carboxylic acids is 3. The number of carbonyl (C=O) groups is 3. The molecular formula is C19H17ClFNO6. The molecule has 0 aliphatic rings. The van der Waals surface area contributed by atoms with Crippen LogP contribution in [-0.2, 0) is 14.3 Å². The fourth-order valence-corrected chi connectivity index (χ4v) is 2.30. The molecule has 0 aliphatic heterocycles. The van der Waals surface area contributed by atoms with E-state index in [2.05, 4.69) is 5.32 Å². The summed E-state index contributed by atoms with van der Waals surface area (Å²) in [7, 11) is 1.39. The average molecular weight is 410 g/mol. The zero-order valence-corrected chi connectivity index (χ0v) is 15.8. The van der Waals surface area contributed by atoms with E-state index in [0.717, 1.165) is 6.07 Å². The molecule has 0 aliphatic carbocycles. The Morgan fingerprint density at radius 3 is 2.61 bits per heavy atom. The van der Waals surface area contributed by atoms with Crippen LogP contribution in [0.25, 0.3) is 0 Å². The van der Waals surface area contributed by atoms with Gasteiger partial charge in [-0.15, -0.1) is 0 Å². The van der Waals surface area contributed by atoms with Gasteiger partial charge in [0.25, 0.3) is 5.91 Å². The van der Waals surface area contributed by atoms with Crippen LogP contribution in [0.15, 0.2) is 36.4 Å². The number of methoxy groups -OCH3 is 1. The van der Waals surface area contributed by atoms with E-state index < -0.39 is 30.4 Å². The lowest BCUT2D eigenvalue weighted by Gasteiger charge is -2.15. The lowest BCUT2D eigenvalue weighted by Crippen LogP contribution is -2.31. The van der Waals surface area contributed by atoms with Gasteiger partial charge in [0.15, 0.2) is 24.2 Å². The molecule has 28 heavy (non-hydrogen) atoms. The number of nitrogens with one attached hydrogen (secondary N) is 1. The summed E-state index contributed by atoms with van der Waals surface area (Å²) >= 11 is 5.65. The van der Waals surface area contributed by atoms with Crippen molar-refractivity contribution in [2.24, 2.45) is 0 Å². The normalized spacial score (nSPS) is 11.3. The molecule has 0 saturated carbocycles. The Labute approximate surface area is 165 Å². The Kier molecular flexibility index (Phi) is 7.34. The van der Waals surface area contributed by atoms with Crippen LogP contribution in [0.2, 0.25) is 5.02 Å². The molecular weight excluding hydrogens is 393 g/mol. The lowest BCUT2D eigenvalue weighted by molar-refractivity contribution is -0.155. The molecule has 9 heteroatoms. The smallest absolute Gasteiger partial charge is 0.344 e. The van der Waals surface area contributed by atoms with Gasteiger partial charge in [0.2, 0.25) is 0 Å². The summed E-state index contributed by atoms with van der Waals surface area (Å²) in [6, 6.07) is 8.10. The van der Waals surface area contributed by atoms with Gasteiger partial charge in [0, 0.05) is 11.3 Å². The third-order valence-electron chi connectivity index (χ3n) is 3.53. The standard InChI is InChI=1S/C19H17ClFNO6/c1-11(19(25)22-13-4-5-15(21)14(20)8-13)28-18(24)10-27-16-6-3-12(9-23)7-17(16)26-2/h3-9,11H,10H2,1-2H3,(H,22,25)/t11-/m1/s1. The fraction of sp³-hybridized carbons (Fsp3) is 0.211. The summed E-state index contributed by atoms with van der Waals surface area (Å²) in [5, 5.41) is 2.31. The highest BCUT2D eigenvalue weighted by Crippen LogP contribution is 2.27. The van der Waals surface area contributed by atoms with Gasteiger partial charge >= 0.3 is 5.97 Å². The number of esters is 1. The van der Waals surface area contributed by atoms with E-state index in [1.807, 2.05) is 0 Å². The number of rotatable bonds is 8. The van der Waals surface area contributed by atoms with Crippen LogP contribution in [0, 0.1) is 5.82 Å². The van der Waals surface area contributed by atoms with Gasteiger partial charge in [-0.25, -0.2) is 9.18 Å². The first-order valence-corrected chi connectivity index (χ1v) is 8.43. The summed E-state index contributed by atoms with van der Waals surface area (Å²) in [6.45, 7) is 0.897. The Bertz CT molecular complexity index is 889. The molecule has 2 aromatic carbocycles. The minimum atomic E-state index is -1.13. The van der Waals surface area contributed by atoms with Gasteiger partial charge < -0.3 is 19.5 Å². The second kappa shape index (κ2) is 9.70. The van der Waals surface area contributed by atoms with Crippen molar-refractivity contribution < 1.29 is 33.0 Å². The predicted molar refractivity (Wildman–Crippen MR) is 99.5 cm³/mol. The molecule has 7 nitrogen and oxygen atoms in total. The quantitative estimate of drug-likeness (QED) is 0.531. The largest absolute Gasteiger partial charge is 0.493 e. The summed E-state index contributed by atoms with van der Waals surface area (Å²) in [5.74, 6) is -1.52. The molecule has 1 N–H and O–H groups in total. The molecule has 0 fully saturated rings. The predicted octanol–water partition coefficient (Wildman–Crippen LogP) is 3.25. The van der Waals surface area contributed by atoms with Crippen molar-refractivity contribution in [3.63, 3.8) is 0 Å². The molecule has 0 bridgehead atoms. The van der Waals surface area contributed by atoms with Gasteiger partial charge in [-0.3, -0.25) is 9.59 Å². The number of ether oxygens (including phenoxy) is 3. The number of hydrogen-bond acceptors (Lipinski definition) is 6. The summed E-state index contributed by atoms with van der Waals surface area (Å²) in [6.07, 6.45) is -0.478. The molecule has 1 amide bonds. The van der Waals surface area contributed by atoms with Crippen LogP contribution in [-0.4, -0.2) is 38.0 Å². The Hall–Kier alpha value is -3.13. The first-order chi connectivity index (χ1) is 13.3. The van der Waals surface area contributed by atoms with Crippen molar-refractivity contribution in [2.45, 2.75) is 13.0 Å². The van der Waals surface area contributed by atoms with E-state index in [9.17, 15) is 18.8 Å². The van der Waals surface area contributed by atoms with Gasteiger partial charge in [-0.2, -0.15) is 0 Å². The first kappa shape index (κ1) is 21.2. The van der Waals surface area contributed by atoms with Crippen LogP contribution >= 0.6 is 11.6 Å². The van der Waals surface area contributed by atoms with Gasteiger partial charge in [-0.05, 0) is 43.3 Å². The molecule has 2 aromatic rings. The molecule has 0 saturated heterocycles. The first-order valence-electron chi connectivity index (χ1n) is 8.05. The van der Waals surface area contributed by atoms with Crippen LogP contribution in [0.5, 0.6) is 11.5 Å². The van der Waals surface area contributed by atoms with Gasteiger partial charge in [0.05, 0.1) is 12.1 Å². The zero-order valence-electron chi connectivity index (χ0n) is 15.0. The molecule has 0 aromatic heterocycles. The molecule has 2 rings (SSSR count). The number of benzene rings is 2. The third-order valence-corrected chi connectivity index (χ3v) is 3.82. The number of hydrogen-bond donors (Lipinski definition) is 1. The molecule has 1 atom stereocenters. The number of anilines is 1. The van der Waals surface area contributed by atoms with Crippen LogP contribution in [0.3, 0.4) is 0 Å². The second-order valence-electron chi connectivity index (χ2n) is 5.57. The van der Waals surface area contributed by atoms with E-state index in [1.165, 1.54) is 44.4 Å². The molecule has 0 heterocycles.